The summed E-state index contributed by atoms with van der Waals surface area (Å²) < 4.78 is 0. The number of nitrogens with two attached hydrogens (primary N) is 1. The van der Waals surface area contributed by atoms with Gasteiger partial charge in [-0.1, -0.05) is 39.0 Å². The largest absolute Gasteiger partial charge is 0.392 e. The summed E-state index contributed by atoms with van der Waals surface area (Å²) in [4.78, 5) is 0. The van der Waals surface area contributed by atoms with E-state index in [1.807, 2.05) is 0 Å². The Bertz CT molecular complexity index is 247. The molecule has 106 valence electrons. The summed E-state index contributed by atoms with van der Waals surface area (Å²) in [5.41, 5.74) is 6.12. The lowest BCUT2D eigenvalue weighted by Crippen LogP contribution is -2.44. The average Bonchev–Trinajstić information content (AvgIpc) is 2.65. The first-order valence-corrected chi connectivity index (χ1v) is 8.10. The molecule has 3 unspecified atom stereocenters. The molecular formula is C16H31NO. The van der Waals surface area contributed by atoms with Crippen LogP contribution in [0.5, 0.6) is 0 Å². The zero-order chi connectivity index (χ0) is 13.0. The van der Waals surface area contributed by atoms with E-state index in [2.05, 4.69) is 6.92 Å². The van der Waals surface area contributed by atoms with Crippen molar-refractivity contribution in [1.82, 2.24) is 0 Å². The van der Waals surface area contributed by atoms with Crippen molar-refractivity contribution in [3.8, 4) is 0 Å². The number of rotatable bonds is 4. The standard InChI is InChI=1S/C16H31NO/c1-2-13-9-10-16(11-13,12-17)15(18)14-7-5-3-4-6-8-14/h13-15,18H,2-12,17H2,1H3. The highest BCUT2D eigenvalue weighted by Crippen LogP contribution is 2.48. The van der Waals surface area contributed by atoms with E-state index in [0.29, 0.717) is 12.5 Å². The summed E-state index contributed by atoms with van der Waals surface area (Å²) in [6.45, 7) is 2.95. The SMILES string of the molecule is CCC1CCC(CN)(C(O)C2CCCCCC2)C1. The van der Waals surface area contributed by atoms with Crippen molar-refractivity contribution >= 4 is 0 Å². The van der Waals surface area contributed by atoms with E-state index >= 15 is 0 Å². The van der Waals surface area contributed by atoms with Crippen molar-refractivity contribution in [3.05, 3.63) is 0 Å². The molecule has 2 aliphatic rings. The third-order valence-corrected chi connectivity index (χ3v) is 5.70. The van der Waals surface area contributed by atoms with E-state index < -0.39 is 0 Å². The first-order valence-electron chi connectivity index (χ1n) is 8.10. The van der Waals surface area contributed by atoms with Crippen LogP contribution >= 0.6 is 0 Å². The van der Waals surface area contributed by atoms with Gasteiger partial charge in [0.2, 0.25) is 0 Å². The van der Waals surface area contributed by atoms with Crippen LogP contribution in [0.2, 0.25) is 0 Å². The molecule has 2 aliphatic carbocycles. The van der Waals surface area contributed by atoms with Crippen LogP contribution in [0, 0.1) is 17.3 Å². The second kappa shape index (κ2) is 6.38. The van der Waals surface area contributed by atoms with Gasteiger partial charge in [-0.25, -0.2) is 0 Å². The first kappa shape index (κ1) is 14.3. The second-order valence-corrected chi connectivity index (χ2v) is 6.78. The van der Waals surface area contributed by atoms with Gasteiger partial charge in [0.25, 0.3) is 0 Å². The Hall–Kier alpha value is -0.0800. The molecular weight excluding hydrogens is 222 g/mol. The van der Waals surface area contributed by atoms with Gasteiger partial charge in [-0.2, -0.15) is 0 Å². The summed E-state index contributed by atoms with van der Waals surface area (Å²) >= 11 is 0. The minimum absolute atomic E-state index is 0.0513. The molecule has 0 radical (unpaired) electrons. The van der Waals surface area contributed by atoms with Crippen LogP contribution in [0.1, 0.15) is 71.1 Å². The molecule has 2 heteroatoms. The molecule has 0 aliphatic heterocycles. The summed E-state index contributed by atoms with van der Waals surface area (Å²) in [5.74, 6) is 1.32. The third kappa shape index (κ3) is 2.91. The second-order valence-electron chi connectivity index (χ2n) is 6.78. The molecule has 2 rings (SSSR count). The molecule has 0 aromatic rings. The van der Waals surface area contributed by atoms with Gasteiger partial charge in [-0.3, -0.25) is 0 Å². The van der Waals surface area contributed by atoms with E-state index in [-0.39, 0.29) is 11.5 Å². The van der Waals surface area contributed by atoms with Crippen molar-refractivity contribution in [2.75, 3.05) is 6.54 Å². The van der Waals surface area contributed by atoms with E-state index in [1.165, 1.54) is 51.4 Å². The monoisotopic (exact) mass is 253 g/mol. The van der Waals surface area contributed by atoms with Crippen LogP contribution in [-0.2, 0) is 0 Å². The highest BCUT2D eigenvalue weighted by molar-refractivity contribution is 4.97. The maximum absolute atomic E-state index is 10.9. The summed E-state index contributed by atoms with van der Waals surface area (Å²) in [6.07, 6.45) is 12.5. The minimum atomic E-state index is -0.142. The van der Waals surface area contributed by atoms with Crippen LogP contribution < -0.4 is 5.73 Å². The number of hydrogen-bond acceptors (Lipinski definition) is 2. The Labute approximate surface area is 112 Å². The maximum atomic E-state index is 10.9. The molecule has 3 N–H and O–H groups in total. The van der Waals surface area contributed by atoms with Gasteiger partial charge < -0.3 is 10.8 Å². The van der Waals surface area contributed by atoms with Gasteiger partial charge in [0.05, 0.1) is 6.10 Å². The lowest BCUT2D eigenvalue weighted by Gasteiger charge is -2.38. The Morgan fingerprint density at radius 2 is 1.83 bits per heavy atom. The van der Waals surface area contributed by atoms with Crippen LogP contribution in [0.4, 0.5) is 0 Å². The van der Waals surface area contributed by atoms with E-state index in [4.69, 9.17) is 5.73 Å². The molecule has 0 aromatic carbocycles. The third-order valence-electron chi connectivity index (χ3n) is 5.70. The fraction of sp³-hybridized carbons (Fsp3) is 1.00. The Morgan fingerprint density at radius 1 is 1.17 bits per heavy atom. The molecule has 0 amide bonds. The van der Waals surface area contributed by atoms with Crippen molar-refractivity contribution in [2.45, 2.75) is 77.2 Å². The number of aliphatic hydroxyl groups excluding tert-OH is 1. The molecule has 2 fully saturated rings. The van der Waals surface area contributed by atoms with Crippen LogP contribution in [0.3, 0.4) is 0 Å². The fourth-order valence-electron chi connectivity index (χ4n) is 4.32. The molecule has 0 aromatic heterocycles. The molecule has 2 nitrogen and oxygen atoms in total. The molecule has 0 spiro atoms. The minimum Gasteiger partial charge on any atom is -0.392 e. The van der Waals surface area contributed by atoms with Crippen LogP contribution in [0.25, 0.3) is 0 Å². The van der Waals surface area contributed by atoms with Crippen molar-refractivity contribution < 1.29 is 5.11 Å². The van der Waals surface area contributed by atoms with Crippen LogP contribution in [0.15, 0.2) is 0 Å². The quantitative estimate of drug-likeness (QED) is 0.754. The van der Waals surface area contributed by atoms with Gasteiger partial charge in [-0.15, -0.1) is 0 Å². The highest BCUT2D eigenvalue weighted by atomic mass is 16.3. The van der Waals surface area contributed by atoms with Gasteiger partial charge in [0, 0.05) is 12.0 Å². The maximum Gasteiger partial charge on any atom is 0.0636 e. The number of hydrogen-bond donors (Lipinski definition) is 2. The Balaban J connectivity index is 2.02. The summed E-state index contributed by atoms with van der Waals surface area (Å²) in [5, 5.41) is 10.9. The zero-order valence-electron chi connectivity index (χ0n) is 12.0. The van der Waals surface area contributed by atoms with Crippen molar-refractivity contribution in [3.63, 3.8) is 0 Å². The smallest absolute Gasteiger partial charge is 0.0636 e. The van der Waals surface area contributed by atoms with Crippen molar-refractivity contribution in [2.24, 2.45) is 23.0 Å². The number of aliphatic hydroxyl groups is 1. The zero-order valence-corrected chi connectivity index (χ0v) is 12.0. The Morgan fingerprint density at radius 3 is 2.33 bits per heavy atom. The first-order chi connectivity index (χ1) is 8.72. The molecule has 0 heterocycles. The summed E-state index contributed by atoms with van der Waals surface area (Å²) in [7, 11) is 0. The summed E-state index contributed by atoms with van der Waals surface area (Å²) in [6, 6.07) is 0. The van der Waals surface area contributed by atoms with E-state index in [9.17, 15) is 5.11 Å². The van der Waals surface area contributed by atoms with Crippen LogP contribution in [-0.4, -0.2) is 17.8 Å². The predicted molar refractivity (Wildman–Crippen MR) is 76.3 cm³/mol. The normalized spacial score (nSPS) is 36.5. The average molecular weight is 253 g/mol. The van der Waals surface area contributed by atoms with Gasteiger partial charge in [-0.05, 0) is 43.9 Å². The van der Waals surface area contributed by atoms with Crippen molar-refractivity contribution in [1.29, 1.82) is 0 Å². The van der Waals surface area contributed by atoms with Gasteiger partial charge >= 0.3 is 0 Å². The molecule has 2 saturated carbocycles. The fourth-order valence-corrected chi connectivity index (χ4v) is 4.32. The molecule has 0 saturated heterocycles. The Kier molecular flexibility index (Phi) is 5.08. The predicted octanol–water partition coefficient (Wildman–Crippen LogP) is 3.47. The molecule has 18 heavy (non-hydrogen) atoms. The lowest BCUT2D eigenvalue weighted by atomic mass is 9.72. The lowest BCUT2D eigenvalue weighted by molar-refractivity contribution is -0.0188. The molecule has 0 bridgehead atoms. The van der Waals surface area contributed by atoms with E-state index in [1.54, 1.807) is 0 Å². The van der Waals surface area contributed by atoms with Gasteiger partial charge in [0.1, 0.15) is 0 Å². The molecule has 3 atom stereocenters. The van der Waals surface area contributed by atoms with E-state index in [0.717, 1.165) is 18.8 Å². The topological polar surface area (TPSA) is 46.2 Å². The highest BCUT2D eigenvalue weighted by Gasteiger charge is 2.45. The van der Waals surface area contributed by atoms with Gasteiger partial charge in [0.15, 0.2) is 0 Å².